The predicted molar refractivity (Wildman–Crippen MR) is 74.5 cm³/mol. The first-order valence-corrected chi connectivity index (χ1v) is 7.34. The van der Waals surface area contributed by atoms with Gasteiger partial charge in [0.15, 0.2) is 0 Å². The Bertz CT molecular complexity index is 264. The van der Waals surface area contributed by atoms with Gasteiger partial charge in [0.25, 0.3) is 0 Å². The van der Waals surface area contributed by atoms with Gasteiger partial charge in [-0.15, -0.1) is 0 Å². The van der Waals surface area contributed by atoms with Crippen LogP contribution in [-0.2, 0) is 0 Å². The molecule has 1 aliphatic carbocycles. The van der Waals surface area contributed by atoms with Gasteiger partial charge in [0, 0.05) is 25.7 Å². The fourth-order valence-corrected chi connectivity index (χ4v) is 3.52. The molecule has 2 fully saturated rings. The van der Waals surface area contributed by atoms with Crippen molar-refractivity contribution in [3.05, 3.63) is 0 Å². The molecule has 18 heavy (non-hydrogen) atoms. The molecular formula is C14H29N3O. The molecule has 1 unspecified atom stereocenters. The Labute approximate surface area is 111 Å². The second kappa shape index (κ2) is 5.87. The summed E-state index contributed by atoms with van der Waals surface area (Å²) >= 11 is 0. The van der Waals surface area contributed by atoms with Crippen LogP contribution >= 0.6 is 0 Å². The third kappa shape index (κ3) is 3.44. The van der Waals surface area contributed by atoms with Crippen LogP contribution in [0, 0.1) is 5.92 Å². The predicted octanol–water partition coefficient (Wildman–Crippen LogP) is 0.502. The molecule has 2 rings (SSSR count). The minimum absolute atomic E-state index is 0.414. The maximum Gasteiger partial charge on any atom is 0.0770 e. The minimum atomic E-state index is -0.578. The van der Waals surface area contributed by atoms with Gasteiger partial charge in [-0.2, -0.15) is 0 Å². The molecule has 1 aliphatic heterocycles. The van der Waals surface area contributed by atoms with E-state index in [0.717, 1.165) is 31.6 Å². The van der Waals surface area contributed by atoms with E-state index in [1.165, 1.54) is 26.1 Å². The van der Waals surface area contributed by atoms with Crippen LogP contribution in [0.25, 0.3) is 0 Å². The highest BCUT2D eigenvalue weighted by molar-refractivity contribution is 4.90. The molecule has 4 nitrogen and oxygen atoms in total. The van der Waals surface area contributed by atoms with Crippen LogP contribution in [0.1, 0.15) is 32.1 Å². The second-order valence-electron chi connectivity index (χ2n) is 6.52. The average molecular weight is 255 g/mol. The lowest BCUT2D eigenvalue weighted by Gasteiger charge is -2.39. The molecule has 3 N–H and O–H groups in total. The maximum atomic E-state index is 10.1. The molecule has 4 heteroatoms. The first-order chi connectivity index (χ1) is 8.52. The molecule has 1 saturated heterocycles. The summed E-state index contributed by atoms with van der Waals surface area (Å²) in [5, 5.41) is 10.1. The monoisotopic (exact) mass is 255 g/mol. The number of aliphatic hydroxyl groups is 1. The van der Waals surface area contributed by atoms with Crippen molar-refractivity contribution in [3.63, 3.8) is 0 Å². The van der Waals surface area contributed by atoms with Crippen molar-refractivity contribution in [3.8, 4) is 0 Å². The molecule has 0 spiro atoms. The molecule has 1 heterocycles. The van der Waals surface area contributed by atoms with E-state index in [1.807, 2.05) is 0 Å². The number of likely N-dealkylation sites (tertiary alicyclic amines) is 1. The Balaban J connectivity index is 1.75. The molecule has 0 aromatic rings. The van der Waals surface area contributed by atoms with E-state index in [4.69, 9.17) is 5.73 Å². The molecule has 2 aliphatic rings. The van der Waals surface area contributed by atoms with Gasteiger partial charge < -0.3 is 20.6 Å². The lowest BCUT2D eigenvalue weighted by atomic mass is 9.81. The quantitative estimate of drug-likeness (QED) is 0.768. The van der Waals surface area contributed by atoms with E-state index >= 15 is 0 Å². The van der Waals surface area contributed by atoms with E-state index in [9.17, 15) is 5.11 Å². The lowest BCUT2D eigenvalue weighted by molar-refractivity contribution is -0.0109. The van der Waals surface area contributed by atoms with E-state index < -0.39 is 5.60 Å². The zero-order valence-corrected chi connectivity index (χ0v) is 11.9. The summed E-state index contributed by atoms with van der Waals surface area (Å²) in [5.41, 5.74) is 5.06. The van der Waals surface area contributed by atoms with Crippen LogP contribution in [0.15, 0.2) is 0 Å². The highest BCUT2D eigenvalue weighted by Crippen LogP contribution is 2.30. The van der Waals surface area contributed by atoms with Gasteiger partial charge in [-0.25, -0.2) is 0 Å². The van der Waals surface area contributed by atoms with E-state index in [1.54, 1.807) is 0 Å². The van der Waals surface area contributed by atoms with E-state index in [2.05, 4.69) is 23.9 Å². The highest BCUT2D eigenvalue weighted by atomic mass is 16.3. The van der Waals surface area contributed by atoms with Crippen LogP contribution in [-0.4, -0.2) is 66.8 Å². The summed E-state index contributed by atoms with van der Waals surface area (Å²) < 4.78 is 0. The summed E-state index contributed by atoms with van der Waals surface area (Å²) in [5.74, 6) is 0.829. The first kappa shape index (κ1) is 14.3. The van der Waals surface area contributed by atoms with Crippen LogP contribution in [0.3, 0.4) is 0 Å². The summed E-state index contributed by atoms with van der Waals surface area (Å²) in [6, 6.07) is 0.641. The molecule has 0 aromatic carbocycles. The van der Waals surface area contributed by atoms with Crippen molar-refractivity contribution in [1.82, 2.24) is 9.80 Å². The number of rotatable bonds is 4. The fraction of sp³-hybridized carbons (Fsp3) is 1.00. The topological polar surface area (TPSA) is 52.7 Å². The molecule has 106 valence electrons. The zero-order valence-electron chi connectivity index (χ0n) is 11.9. The average Bonchev–Trinajstić information content (AvgIpc) is 2.75. The molecule has 0 radical (unpaired) electrons. The van der Waals surface area contributed by atoms with Gasteiger partial charge in [-0.1, -0.05) is 0 Å². The Hall–Kier alpha value is -0.160. The molecule has 0 aromatic heterocycles. The number of nitrogens with zero attached hydrogens (tertiary/aromatic N) is 2. The van der Waals surface area contributed by atoms with Gasteiger partial charge >= 0.3 is 0 Å². The van der Waals surface area contributed by atoms with Gasteiger partial charge in [0.2, 0.25) is 0 Å². The summed E-state index contributed by atoms with van der Waals surface area (Å²) in [7, 11) is 4.46. The Morgan fingerprint density at radius 3 is 2.50 bits per heavy atom. The van der Waals surface area contributed by atoms with Crippen LogP contribution in [0.4, 0.5) is 0 Å². The van der Waals surface area contributed by atoms with E-state index in [-0.39, 0.29) is 0 Å². The van der Waals surface area contributed by atoms with Crippen molar-refractivity contribution in [2.75, 3.05) is 40.3 Å². The molecule has 0 bridgehead atoms. The number of nitrogens with two attached hydrogens (primary N) is 1. The largest absolute Gasteiger partial charge is 0.389 e. The standard InChI is InChI=1S/C14H29N3O/c1-16-8-5-12(9-16)10-17(2)13-3-6-14(18,11-15)7-4-13/h12-13,18H,3-11,15H2,1-2H3. The number of hydrogen-bond acceptors (Lipinski definition) is 4. The summed E-state index contributed by atoms with van der Waals surface area (Å²) in [6.07, 6.45) is 5.24. The molecular weight excluding hydrogens is 226 g/mol. The lowest BCUT2D eigenvalue weighted by Crippen LogP contribution is -2.47. The van der Waals surface area contributed by atoms with Gasteiger partial charge in [-0.05, 0) is 58.7 Å². The van der Waals surface area contributed by atoms with Crippen molar-refractivity contribution < 1.29 is 5.11 Å². The number of hydrogen-bond donors (Lipinski definition) is 2. The minimum Gasteiger partial charge on any atom is -0.389 e. The zero-order chi connectivity index (χ0) is 13.2. The van der Waals surface area contributed by atoms with Crippen molar-refractivity contribution in [2.45, 2.75) is 43.7 Å². The van der Waals surface area contributed by atoms with Gasteiger partial charge in [-0.3, -0.25) is 0 Å². The Morgan fingerprint density at radius 1 is 1.33 bits per heavy atom. The van der Waals surface area contributed by atoms with Gasteiger partial charge in [0.1, 0.15) is 0 Å². The fourth-order valence-electron chi connectivity index (χ4n) is 3.52. The van der Waals surface area contributed by atoms with Gasteiger partial charge in [0.05, 0.1) is 5.60 Å². The highest BCUT2D eigenvalue weighted by Gasteiger charge is 2.34. The normalized spacial score (nSPS) is 38.5. The molecule has 0 amide bonds. The Kier molecular flexibility index (Phi) is 4.64. The van der Waals surface area contributed by atoms with Crippen LogP contribution in [0.2, 0.25) is 0 Å². The summed E-state index contributed by atoms with van der Waals surface area (Å²) in [4.78, 5) is 4.94. The first-order valence-electron chi connectivity index (χ1n) is 7.34. The Morgan fingerprint density at radius 2 is 2.00 bits per heavy atom. The molecule has 1 atom stereocenters. The second-order valence-corrected chi connectivity index (χ2v) is 6.52. The van der Waals surface area contributed by atoms with Crippen molar-refractivity contribution >= 4 is 0 Å². The molecule has 1 saturated carbocycles. The summed E-state index contributed by atoms with van der Waals surface area (Å²) in [6.45, 7) is 4.10. The van der Waals surface area contributed by atoms with Crippen LogP contribution < -0.4 is 5.73 Å². The SMILES string of the molecule is CN1CCC(CN(C)C2CCC(O)(CN)CC2)C1. The van der Waals surface area contributed by atoms with Crippen molar-refractivity contribution in [1.29, 1.82) is 0 Å². The smallest absolute Gasteiger partial charge is 0.0770 e. The third-order valence-corrected chi connectivity index (χ3v) is 4.92. The van der Waals surface area contributed by atoms with Crippen LogP contribution in [0.5, 0.6) is 0 Å². The maximum absolute atomic E-state index is 10.1. The third-order valence-electron chi connectivity index (χ3n) is 4.92. The van der Waals surface area contributed by atoms with Crippen molar-refractivity contribution in [2.24, 2.45) is 11.7 Å². The van der Waals surface area contributed by atoms with E-state index in [0.29, 0.717) is 12.6 Å².